The predicted molar refractivity (Wildman–Crippen MR) is 137 cm³/mol. The summed E-state index contributed by atoms with van der Waals surface area (Å²) < 4.78 is 7.09. The van der Waals surface area contributed by atoms with E-state index in [1.165, 1.54) is 41.4 Å². The van der Waals surface area contributed by atoms with E-state index in [2.05, 4.69) is 0 Å². The van der Waals surface area contributed by atoms with Crippen LogP contribution in [0.4, 0.5) is 11.4 Å². The van der Waals surface area contributed by atoms with Crippen LogP contribution in [0.25, 0.3) is 17.0 Å². The van der Waals surface area contributed by atoms with Gasteiger partial charge in [-0.2, -0.15) is 10.1 Å². The number of nitro groups is 1. The van der Waals surface area contributed by atoms with E-state index in [1.807, 2.05) is 65.3 Å². The average Bonchev–Trinajstić information content (AvgIpc) is 3.54. The van der Waals surface area contributed by atoms with Crippen molar-refractivity contribution in [3.8, 4) is 17.0 Å². The van der Waals surface area contributed by atoms with E-state index in [0.29, 0.717) is 23.7 Å². The molecule has 3 aromatic carbocycles. The zero-order valence-corrected chi connectivity index (χ0v) is 20.1. The highest BCUT2D eigenvalue weighted by Crippen LogP contribution is 2.34. The second kappa shape index (κ2) is 9.86. The Kier molecular flexibility index (Phi) is 6.29. The second-order valence-corrected chi connectivity index (χ2v) is 8.28. The number of benzene rings is 3. The van der Waals surface area contributed by atoms with Crippen molar-refractivity contribution in [2.45, 2.75) is 13.5 Å². The Morgan fingerprint density at radius 3 is 2.35 bits per heavy atom. The Morgan fingerprint density at radius 2 is 1.73 bits per heavy atom. The van der Waals surface area contributed by atoms with Crippen molar-refractivity contribution >= 4 is 23.0 Å². The molecule has 0 saturated carbocycles. The Hall–Kier alpha value is -5.12. The van der Waals surface area contributed by atoms with Crippen molar-refractivity contribution < 1.29 is 19.3 Å². The van der Waals surface area contributed by atoms with Crippen molar-refractivity contribution in [3.05, 3.63) is 113 Å². The van der Waals surface area contributed by atoms with Crippen LogP contribution in [-0.4, -0.2) is 32.7 Å². The summed E-state index contributed by atoms with van der Waals surface area (Å²) in [6.07, 6.45) is 1.58. The number of hydrazine groups is 1. The number of nitrogens with zero attached hydrogens (tertiary/aromatic N) is 5. The number of carbonyl (C=O) groups is 1. The van der Waals surface area contributed by atoms with Gasteiger partial charge in [-0.05, 0) is 48.0 Å². The van der Waals surface area contributed by atoms with Crippen LogP contribution in [0.2, 0.25) is 0 Å². The fourth-order valence-electron chi connectivity index (χ4n) is 3.93. The Bertz CT molecular complexity index is 1460. The predicted octanol–water partition coefficient (Wildman–Crippen LogP) is 5.03. The van der Waals surface area contributed by atoms with Crippen LogP contribution in [-0.2, 0) is 16.2 Å². The first-order chi connectivity index (χ1) is 17.9. The molecular formula is C27H23N5O5. The number of non-ortho nitro benzene ring substituents is 1. The number of carbonyl (C=O) groups excluding carboxylic acids is 1. The van der Waals surface area contributed by atoms with E-state index < -0.39 is 4.92 Å². The molecule has 1 aliphatic rings. The number of methoxy groups -OCH3 is 1. The van der Waals surface area contributed by atoms with E-state index >= 15 is 0 Å². The SMILES string of the molecule is COc1ccc(-c2cc(C3=CN(C(C)=O)N(c4ccc([N+](=O)[O-])cc4)O3)n(Cc3ccccc3)n2)cc1. The van der Waals surface area contributed by atoms with Gasteiger partial charge in [0.25, 0.3) is 5.69 Å². The number of anilines is 1. The minimum absolute atomic E-state index is 0.0597. The summed E-state index contributed by atoms with van der Waals surface area (Å²) >= 11 is 0. The lowest BCUT2D eigenvalue weighted by molar-refractivity contribution is -0.384. The summed E-state index contributed by atoms with van der Waals surface area (Å²) in [5, 5.41) is 18.5. The van der Waals surface area contributed by atoms with Crippen LogP contribution in [0.15, 0.2) is 91.1 Å². The number of amides is 1. The number of aromatic nitrogens is 2. The largest absolute Gasteiger partial charge is 0.497 e. The molecule has 0 fully saturated rings. The van der Waals surface area contributed by atoms with Crippen molar-refractivity contribution in [3.63, 3.8) is 0 Å². The second-order valence-electron chi connectivity index (χ2n) is 8.28. The molecule has 10 heteroatoms. The number of rotatable bonds is 7. The van der Waals surface area contributed by atoms with Gasteiger partial charge in [-0.25, -0.2) is 0 Å². The first-order valence-corrected chi connectivity index (χ1v) is 11.4. The van der Waals surface area contributed by atoms with E-state index in [4.69, 9.17) is 14.7 Å². The van der Waals surface area contributed by atoms with E-state index in [1.54, 1.807) is 13.3 Å². The van der Waals surface area contributed by atoms with Gasteiger partial charge in [-0.15, -0.1) is 5.17 Å². The maximum absolute atomic E-state index is 12.5. The van der Waals surface area contributed by atoms with Crippen LogP contribution in [0.3, 0.4) is 0 Å². The quantitative estimate of drug-likeness (QED) is 0.261. The maximum atomic E-state index is 12.5. The molecule has 0 radical (unpaired) electrons. The lowest BCUT2D eigenvalue weighted by Gasteiger charge is -2.25. The first kappa shape index (κ1) is 23.6. The van der Waals surface area contributed by atoms with Crippen molar-refractivity contribution in [2.75, 3.05) is 12.3 Å². The fraction of sp³-hybridized carbons (Fsp3) is 0.111. The topological polar surface area (TPSA) is 103 Å². The van der Waals surface area contributed by atoms with Crippen LogP contribution < -0.4 is 9.91 Å². The molecule has 1 aliphatic heterocycles. The molecule has 0 saturated heterocycles. The Morgan fingerprint density at radius 1 is 1.03 bits per heavy atom. The Balaban J connectivity index is 1.53. The van der Waals surface area contributed by atoms with Crippen molar-refractivity contribution in [1.29, 1.82) is 0 Å². The summed E-state index contributed by atoms with van der Waals surface area (Å²) in [5.74, 6) is 0.847. The molecule has 0 spiro atoms. The highest BCUT2D eigenvalue weighted by atomic mass is 16.7. The summed E-state index contributed by atoms with van der Waals surface area (Å²) in [6, 6.07) is 25.1. The molecule has 4 aromatic rings. The lowest BCUT2D eigenvalue weighted by Crippen LogP contribution is -2.37. The lowest BCUT2D eigenvalue weighted by atomic mass is 10.1. The standard InChI is InChI=1S/C27H23N5O5/c1-19(33)30-18-27(37-31(30)22-10-12-23(13-11-22)32(34)35)26-16-25(21-8-14-24(36-2)15-9-21)28-29(26)17-20-6-4-3-5-7-20/h3-16,18H,17H2,1-2H3. The van der Waals surface area contributed by atoms with Gasteiger partial charge in [0.1, 0.15) is 17.1 Å². The van der Waals surface area contributed by atoms with Crippen molar-refractivity contribution in [2.24, 2.45) is 0 Å². The molecule has 1 aromatic heterocycles. The zero-order valence-electron chi connectivity index (χ0n) is 20.1. The first-order valence-electron chi connectivity index (χ1n) is 11.4. The van der Waals surface area contributed by atoms with Crippen LogP contribution in [0.1, 0.15) is 18.2 Å². The molecule has 10 nitrogen and oxygen atoms in total. The van der Waals surface area contributed by atoms with Gasteiger partial charge in [0, 0.05) is 24.6 Å². The van der Waals surface area contributed by atoms with E-state index in [9.17, 15) is 14.9 Å². The molecule has 0 bridgehead atoms. The van der Waals surface area contributed by atoms with Gasteiger partial charge in [0.15, 0.2) is 0 Å². The summed E-state index contributed by atoms with van der Waals surface area (Å²) in [6.45, 7) is 1.88. The monoisotopic (exact) mass is 497 g/mol. The minimum Gasteiger partial charge on any atom is -0.497 e. The molecule has 0 N–H and O–H groups in total. The Labute approximate surface area is 212 Å². The maximum Gasteiger partial charge on any atom is 0.269 e. The van der Waals surface area contributed by atoms with Gasteiger partial charge < -0.3 is 9.57 Å². The van der Waals surface area contributed by atoms with Crippen molar-refractivity contribution in [1.82, 2.24) is 14.8 Å². The number of hydrogen-bond acceptors (Lipinski definition) is 7. The molecule has 2 heterocycles. The summed E-state index contributed by atoms with van der Waals surface area (Å²) in [7, 11) is 1.61. The molecule has 0 aliphatic carbocycles. The molecule has 1 amide bonds. The van der Waals surface area contributed by atoms with Crippen LogP contribution in [0, 0.1) is 10.1 Å². The molecule has 5 rings (SSSR count). The fourth-order valence-corrected chi connectivity index (χ4v) is 3.93. The molecule has 0 atom stereocenters. The highest BCUT2D eigenvalue weighted by molar-refractivity contribution is 5.80. The molecule has 0 unspecified atom stereocenters. The third kappa shape index (κ3) is 4.85. The van der Waals surface area contributed by atoms with Gasteiger partial charge >= 0.3 is 0 Å². The summed E-state index contributed by atoms with van der Waals surface area (Å²) in [5.41, 5.74) is 3.71. The normalized spacial score (nSPS) is 12.8. The molecule has 186 valence electrons. The van der Waals surface area contributed by atoms with Gasteiger partial charge in [-0.3, -0.25) is 19.6 Å². The number of nitro benzene ring substituents is 1. The van der Waals surface area contributed by atoms with Gasteiger partial charge in [0.05, 0.1) is 30.5 Å². The number of hydrogen-bond donors (Lipinski definition) is 0. The summed E-state index contributed by atoms with van der Waals surface area (Å²) in [4.78, 5) is 29.2. The number of ether oxygens (including phenoxy) is 1. The van der Waals surface area contributed by atoms with E-state index in [0.717, 1.165) is 22.6 Å². The molecule has 37 heavy (non-hydrogen) atoms. The highest BCUT2D eigenvalue weighted by Gasteiger charge is 2.31. The van der Waals surface area contributed by atoms with Gasteiger partial charge in [0.2, 0.25) is 11.7 Å². The smallest absolute Gasteiger partial charge is 0.269 e. The third-order valence-corrected chi connectivity index (χ3v) is 5.82. The third-order valence-electron chi connectivity index (χ3n) is 5.82. The van der Waals surface area contributed by atoms with Crippen LogP contribution in [0.5, 0.6) is 5.75 Å². The molecular weight excluding hydrogens is 474 g/mol. The van der Waals surface area contributed by atoms with Crippen LogP contribution >= 0.6 is 0 Å². The van der Waals surface area contributed by atoms with Gasteiger partial charge in [-0.1, -0.05) is 30.3 Å². The van der Waals surface area contributed by atoms with E-state index in [-0.39, 0.29) is 11.6 Å². The average molecular weight is 498 g/mol. The minimum atomic E-state index is -0.482. The zero-order chi connectivity index (χ0) is 25.9.